The van der Waals surface area contributed by atoms with Crippen LogP contribution in [-0.2, 0) is 0 Å². The topological polar surface area (TPSA) is 28.7 Å². The van der Waals surface area contributed by atoms with Crippen molar-refractivity contribution in [1.29, 1.82) is 0 Å². The van der Waals surface area contributed by atoms with Gasteiger partial charge in [0.15, 0.2) is 0 Å². The Kier molecular flexibility index (Phi) is 0.865. The Hall–Kier alpha value is -1.09. The van der Waals surface area contributed by atoms with Crippen LogP contribution < -0.4 is 0 Å². The molecular formula is C9H7BrN2. The van der Waals surface area contributed by atoms with Crippen LogP contribution in [0.5, 0.6) is 0 Å². The van der Waals surface area contributed by atoms with E-state index in [2.05, 4.69) is 25.9 Å². The SMILES string of the molecule is [2H]c1nc(-c2c([2H])c([2H])c([2H])c([2H])c2[2H])[nH]c1Br. The minimum atomic E-state index is -0.453. The molecule has 0 unspecified atom stereocenters. The van der Waals surface area contributed by atoms with Crippen LogP contribution in [0.25, 0.3) is 11.4 Å². The van der Waals surface area contributed by atoms with Gasteiger partial charge >= 0.3 is 0 Å². The van der Waals surface area contributed by atoms with Gasteiger partial charge in [-0.15, -0.1) is 0 Å². The minimum Gasteiger partial charge on any atom is -0.333 e. The van der Waals surface area contributed by atoms with E-state index in [4.69, 9.17) is 8.22 Å². The molecule has 2 nitrogen and oxygen atoms in total. The predicted octanol–water partition coefficient (Wildman–Crippen LogP) is 2.84. The zero-order valence-electron chi connectivity index (χ0n) is 11.8. The average molecular weight is 229 g/mol. The lowest BCUT2D eigenvalue weighted by Gasteiger charge is -1.93. The van der Waals surface area contributed by atoms with E-state index in [0.29, 0.717) is 4.60 Å². The van der Waals surface area contributed by atoms with Crippen molar-refractivity contribution < 1.29 is 8.22 Å². The first-order chi connectivity index (χ1) is 8.34. The lowest BCUT2D eigenvalue weighted by atomic mass is 10.2. The van der Waals surface area contributed by atoms with Crippen molar-refractivity contribution in [1.82, 2.24) is 9.97 Å². The molecule has 3 heteroatoms. The first kappa shape index (κ1) is 3.34. The number of hydrogen-bond acceptors (Lipinski definition) is 1. The van der Waals surface area contributed by atoms with Gasteiger partial charge in [0.25, 0.3) is 0 Å². The Labute approximate surface area is 87.2 Å². The molecule has 0 aliphatic rings. The summed E-state index contributed by atoms with van der Waals surface area (Å²) < 4.78 is 45.8. The zero-order chi connectivity index (χ0) is 13.6. The van der Waals surface area contributed by atoms with E-state index in [-0.39, 0.29) is 29.6 Å². The van der Waals surface area contributed by atoms with Gasteiger partial charge in [0.1, 0.15) is 10.4 Å². The molecule has 1 aromatic carbocycles. The van der Waals surface area contributed by atoms with Crippen molar-refractivity contribution in [2.45, 2.75) is 0 Å². The monoisotopic (exact) mass is 228 g/mol. The molecule has 0 radical (unpaired) electrons. The van der Waals surface area contributed by atoms with E-state index in [1.807, 2.05) is 0 Å². The first-order valence-corrected chi connectivity index (χ1v) is 3.93. The summed E-state index contributed by atoms with van der Waals surface area (Å²) in [5.41, 5.74) is -0.0415. The highest BCUT2D eigenvalue weighted by Gasteiger charge is 1.99. The molecular weight excluding hydrogens is 216 g/mol. The molecule has 1 aromatic heterocycles. The summed E-state index contributed by atoms with van der Waals surface area (Å²) in [7, 11) is 0. The lowest BCUT2D eigenvalue weighted by Crippen LogP contribution is -1.77. The number of H-pyrrole nitrogens is 1. The Morgan fingerprint density at radius 1 is 1.33 bits per heavy atom. The molecule has 0 fully saturated rings. The quantitative estimate of drug-likeness (QED) is 0.800. The lowest BCUT2D eigenvalue weighted by molar-refractivity contribution is 1.30. The Balaban J connectivity index is 2.79. The summed E-state index contributed by atoms with van der Waals surface area (Å²) in [6.07, 6.45) is -0.0863. The highest BCUT2D eigenvalue weighted by molar-refractivity contribution is 9.10. The van der Waals surface area contributed by atoms with E-state index in [9.17, 15) is 0 Å². The summed E-state index contributed by atoms with van der Waals surface area (Å²) in [4.78, 5) is 6.48. The van der Waals surface area contributed by atoms with Gasteiger partial charge in [0.05, 0.1) is 14.4 Å². The Morgan fingerprint density at radius 2 is 2.08 bits per heavy atom. The van der Waals surface area contributed by atoms with Crippen molar-refractivity contribution in [3.05, 3.63) is 41.0 Å². The Bertz CT molecular complexity index is 590. The molecule has 0 aliphatic carbocycles. The molecule has 2 aromatic rings. The maximum atomic E-state index is 7.74. The normalized spacial score (nSPS) is 17.1. The van der Waals surface area contributed by atoms with Gasteiger partial charge in [-0.1, -0.05) is 30.2 Å². The van der Waals surface area contributed by atoms with E-state index in [0.717, 1.165) is 0 Å². The average Bonchev–Trinajstić information content (AvgIpc) is 2.64. The van der Waals surface area contributed by atoms with Gasteiger partial charge in [-0.2, -0.15) is 0 Å². The standard InChI is InChI=1S/C9H7BrN2/c10-8-6-11-9(12-8)7-4-2-1-3-5-7/h1-6H,(H,11,12)/i1D,2D,3D,4D,5D,6D. The second-order valence-corrected chi connectivity index (χ2v) is 2.80. The summed E-state index contributed by atoms with van der Waals surface area (Å²) in [5.74, 6) is 0.0730. The number of nitrogens with one attached hydrogen (secondary N) is 1. The molecule has 12 heavy (non-hydrogen) atoms. The maximum Gasteiger partial charge on any atom is 0.138 e. The molecule has 0 amide bonds. The molecule has 60 valence electrons. The van der Waals surface area contributed by atoms with Gasteiger partial charge in [-0.25, -0.2) is 4.98 Å². The molecule has 1 heterocycles. The van der Waals surface area contributed by atoms with Crippen molar-refractivity contribution in [3.8, 4) is 11.4 Å². The fraction of sp³-hybridized carbons (Fsp3) is 0. The second-order valence-electron chi connectivity index (χ2n) is 2.01. The first-order valence-electron chi connectivity index (χ1n) is 6.14. The molecule has 0 saturated heterocycles. The third-order valence-electron chi connectivity index (χ3n) is 1.23. The van der Waals surface area contributed by atoms with Crippen molar-refractivity contribution in [2.24, 2.45) is 0 Å². The van der Waals surface area contributed by atoms with Crippen LogP contribution in [0.1, 0.15) is 8.22 Å². The largest absolute Gasteiger partial charge is 0.333 e. The summed E-state index contributed by atoms with van der Waals surface area (Å²) in [5, 5.41) is 0. The van der Waals surface area contributed by atoms with Gasteiger partial charge in [0.2, 0.25) is 0 Å². The fourth-order valence-corrected chi connectivity index (χ4v) is 1.03. The van der Waals surface area contributed by atoms with Crippen LogP contribution in [0.3, 0.4) is 0 Å². The molecule has 0 saturated carbocycles. The second kappa shape index (κ2) is 3.11. The van der Waals surface area contributed by atoms with E-state index in [1.165, 1.54) is 0 Å². The van der Waals surface area contributed by atoms with Crippen LogP contribution in [-0.4, -0.2) is 9.97 Å². The number of rotatable bonds is 1. The molecule has 0 bridgehead atoms. The van der Waals surface area contributed by atoms with Crippen molar-refractivity contribution in [2.75, 3.05) is 0 Å². The van der Waals surface area contributed by atoms with Crippen molar-refractivity contribution >= 4 is 15.9 Å². The van der Waals surface area contributed by atoms with Gasteiger partial charge in [-0.3, -0.25) is 0 Å². The number of hydrogen-bond donors (Lipinski definition) is 1. The van der Waals surface area contributed by atoms with Crippen LogP contribution in [0, 0.1) is 0 Å². The van der Waals surface area contributed by atoms with Gasteiger partial charge in [0, 0.05) is 5.56 Å². The van der Waals surface area contributed by atoms with Crippen LogP contribution >= 0.6 is 15.9 Å². The van der Waals surface area contributed by atoms with E-state index in [1.54, 1.807) is 0 Å². The summed E-state index contributed by atoms with van der Waals surface area (Å²) in [6.45, 7) is 0. The van der Waals surface area contributed by atoms with E-state index < -0.39 is 18.1 Å². The smallest absolute Gasteiger partial charge is 0.138 e. The molecule has 0 atom stereocenters. The number of benzene rings is 1. The molecule has 2 rings (SSSR count). The van der Waals surface area contributed by atoms with Gasteiger partial charge < -0.3 is 4.98 Å². The fourth-order valence-electron chi connectivity index (χ4n) is 0.752. The number of imidazole rings is 1. The van der Waals surface area contributed by atoms with Gasteiger partial charge in [-0.05, 0) is 15.9 Å². The van der Waals surface area contributed by atoms with Crippen LogP contribution in [0.2, 0.25) is 0 Å². The van der Waals surface area contributed by atoms with Crippen molar-refractivity contribution in [3.63, 3.8) is 0 Å². The highest BCUT2D eigenvalue weighted by Crippen LogP contribution is 2.16. The Morgan fingerprint density at radius 3 is 2.67 bits per heavy atom. The highest BCUT2D eigenvalue weighted by atomic mass is 79.9. The van der Waals surface area contributed by atoms with Crippen LogP contribution in [0.15, 0.2) is 41.0 Å². The van der Waals surface area contributed by atoms with E-state index >= 15 is 0 Å². The third-order valence-corrected chi connectivity index (χ3v) is 1.61. The summed E-state index contributed by atoms with van der Waals surface area (Å²) in [6, 6.07) is -2.00. The zero-order valence-corrected chi connectivity index (χ0v) is 7.41. The number of aromatic nitrogens is 2. The number of nitrogens with zero attached hydrogens (tertiary/aromatic N) is 1. The molecule has 0 aliphatic heterocycles. The molecule has 0 spiro atoms. The minimum absolute atomic E-state index is 0.0415. The predicted molar refractivity (Wildman–Crippen MR) is 51.7 cm³/mol. The molecule has 1 N–H and O–H groups in total. The number of aromatic amines is 1. The summed E-state index contributed by atoms with van der Waals surface area (Å²) >= 11 is 3.06. The maximum absolute atomic E-state index is 7.74. The third kappa shape index (κ3) is 1.41. The van der Waals surface area contributed by atoms with Crippen LogP contribution in [0.4, 0.5) is 0 Å². The number of halogens is 1.